The second-order valence-electron chi connectivity index (χ2n) is 13.7. The van der Waals surface area contributed by atoms with Crippen molar-refractivity contribution in [2.45, 2.75) is 12.0 Å². The van der Waals surface area contributed by atoms with Crippen molar-refractivity contribution >= 4 is 54.9 Å². The average molecular weight is 653 g/mol. The molecule has 51 heavy (non-hydrogen) atoms. The highest BCUT2D eigenvalue weighted by Gasteiger charge is 2.39. The minimum absolute atomic E-state index is 0.120. The minimum Gasteiger partial charge on any atom is -0.483 e. The molecule has 0 spiro atoms. The third-order valence-electron chi connectivity index (χ3n) is 10.9. The van der Waals surface area contributed by atoms with Gasteiger partial charge in [-0.15, -0.1) is 0 Å². The molecule has 2 aliphatic rings. The maximum atomic E-state index is 6.80. The van der Waals surface area contributed by atoms with Gasteiger partial charge < -0.3 is 13.9 Å². The van der Waals surface area contributed by atoms with E-state index in [2.05, 4.69) is 191 Å². The van der Waals surface area contributed by atoms with Gasteiger partial charge in [-0.1, -0.05) is 127 Å². The van der Waals surface area contributed by atoms with Crippen molar-refractivity contribution in [1.82, 2.24) is 9.13 Å². The first-order valence-corrected chi connectivity index (χ1v) is 17.7. The van der Waals surface area contributed by atoms with Crippen molar-refractivity contribution in [1.29, 1.82) is 0 Å². The zero-order valence-corrected chi connectivity index (χ0v) is 27.8. The van der Waals surface area contributed by atoms with Crippen LogP contribution in [0.5, 0.6) is 5.75 Å². The molecule has 2 atom stereocenters. The lowest BCUT2D eigenvalue weighted by molar-refractivity contribution is 0.273. The molecule has 0 saturated heterocycles. The van der Waals surface area contributed by atoms with Crippen LogP contribution in [-0.2, 0) is 0 Å². The second kappa shape index (κ2) is 11.0. The lowest BCUT2D eigenvalue weighted by Crippen LogP contribution is -2.25. The van der Waals surface area contributed by atoms with Gasteiger partial charge in [-0.25, -0.2) is 0 Å². The summed E-state index contributed by atoms with van der Waals surface area (Å²) < 4.78 is 11.6. The van der Waals surface area contributed by atoms with Gasteiger partial charge in [0.15, 0.2) is 0 Å². The van der Waals surface area contributed by atoms with Crippen LogP contribution >= 0.6 is 0 Å². The predicted octanol–water partition coefficient (Wildman–Crippen LogP) is 12.0. The minimum atomic E-state index is -0.129. The Bertz CT molecular complexity index is 2890. The first kappa shape index (κ1) is 28.3. The molecule has 1 aliphatic heterocycles. The van der Waals surface area contributed by atoms with Crippen LogP contribution in [0.3, 0.4) is 0 Å². The number of nitrogens with zero attached hydrogens (tertiary/aromatic N) is 2. The van der Waals surface area contributed by atoms with E-state index in [1.807, 2.05) is 0 Å². The summed E-state index contributed by atoms with van der Waals surface area (Å²) in [5.41, 5.74) is 13.2. The molecule has 3 heterocycles. The van der Waals surface area contributed by atoms with E-state index in [4.69, 9.17) is 4.74 Å². The number of hydrogen-bond donors (Lipinski definition) is 0. The smallest absolute Gasteiger partial charge is 0.149 e. The molecule has 3 nitrogen and oxygen atoms in total. The van der Waals surface area contributed by atoms with E-state index in [1.165, 1.54) is 77.1 Å². The maximum Gasteiger partial charge on any atom is 0.149 e. The van der Waals surface area contributed by atoms with Crippen LogP contribution in [0.4, 0.5) is 0 Å². The van der Waals surface area contributed by atoms with Gasteiger partial charge in [-0.2, -0.15) is 0 Å². The van der Waals surface area contributed by atoms with Crippen molar-refractivity contribution in [3.05, 3.63) is 193 Å². The molecule has 11 rings (SSSR count). The van der Waals surface area contributed by atoms with E-state index >= 15 is 0 Å². The second-order valence-corrected chi connectivity index (χ2v) is 13.7. The highest BCUT2D eigenvalue weighted by Crippen LogP contribution is 2.49. The molecule has 2 unspecified atom stereocenters. The zero-order valence-electron chi connectivity index (χ0n) is 27.8. The molecule has 2 aromatic heterocycles. The van der Waals surface area contributed by atoms with E-state index in [9.17, 15) is 0 Å². The number of rotatable bonds is 4. The molecule has 0 bridgehead atoms. The fourth-order valence-corrected chi connectivity index (χ4v) is 8.58. The molecular formula is C48H32N2O. The quantitative estimate of drug-likeness (QED) is 0.185. The summed E-state index contributed by atoms with van der Waals surface area (Å²) in [6.45, 7) is 0. The van der Waals surface area contributed by atoms with Crippen LogP contribution in [0.2, 0.25) is 0 Å². The first-order valence-electron chi connectivity index (χ1n) is 17.7. The Morgan fingerprint density at radius 3 is 1.86 bits per heavy atom. The fourth-order valence-electron chi connectivity index (χ4n) is 8.58. The summed E-state index contributed by atoms with van der Waals surface area (Å²) in [7, 11) is 0. The summed E-state index contributed by atoms with van der Waals surface area (Å²) in [6, 6.07) is 61.3. The van der Waals surface area contributed by atoms with E-state index in [0.29, 0.717) is 0 Å². The molecule has 7 aromatic carbocycles. The molecular weight excluding hydrogens is 621 g/mol. The summed E-state index contributed by atoms with van der Waals surface area (Å²) in [5, 5.41) is 4.99. The lowest BCUT2D eigenvalue weighted by Gasteiger charge is -2.27. The van der Waals surface area contributed by atoms with Crippen molar-refractivity contribution in [3.8, 4) is 22.6 Å². The number of allylic oxidation sites excluding steroid dienone is 2. The summed E-state index contributed by atoms with van der Waals surface area (Å²) in [5.74, 6) is 1.09. The molecule has 1 aliphatic carbocycles. The maximum absolute atomic E-state index is 6.80. The Morgan fingerprint density at radius 2 is 1.04 bits per heavy atom. The Kier molecular flexibility index (Phi) is 6.08. The molecule has 240 valence electrons. The average Bonchev–Trinajstić information content (AvgIpc) is 3.85. The van der Waals surface area contributed by atoms with E-state index in [-0.39, 0.29) is 12.0 Å². The van der Waals surface area contributed by atoms with Crippen LogP contribution in [0, 0.1) is 0 Å². The van der Waals surface area contributed by atoms with E-state index < -0.39 is 0 Å². The van der Waals surface area contributed by atoms with Crippen molar-refractivity contribution in [3.63, 3.8) is 0 Å². The van der Waals surface area contributed by atoms with Crippen LogP contribution in [-0.4, -0.2) is 15.2 Å². The number of para-hydroxylation sites is 4. The van der Waals surface area contributed by atoms with E-state index in [1.54, 1.807) is 0 Å². The molecule has 0 radical (unpaired) electrons. The van der Waals surface area contributed by atoms with Gasteiger partial charge in [0, 0.05) is 38.7 Å². The molecule has 9 aromatic rings. The Balaban J connectivity index is 1.11. The summed E-state index contributed by atoms with van der Waals surface area (Å²) in [6.07, 6.45) is 4.61. The van der Waals surface area contributed by atoms with Gasteiger partial charge in [-0.05, 0) is 76.9 Å². The summed E-state index contributed by atoms with van der Waals surface area (Å²) in [4.78, 5) is 0. The third kappa shape index (κ3) is 4.25. The molecule has 0 N–H and O–H groups in total. The Hall–Kier alpha value is -6.58. The number of aromatic nitrogens is 2. The van der Waals surface area contributed by atoms with Crippen molar-refractivity contribution in [2.24, 2.45) is 0 Å². The van der Waals surface area contributed by atoms with Crippen LogP contribution in [0.1, 0.15) is 17.0 Å². The Labute approximate surface area is 295 Å². The van der Waals surface area contributed by atoms with Crippen LogP contribution < -0.4 is 4.74 Å². The molecule has 0 saturated carbocycles. The van der Waals surface area contributed by atoms with Gasteiger partial charge in [0.05, 0.1) is 27.8 Å². The van der Waals surface area contributed by atoms with Crippen molar-refractivity contribution in [2.75, 3.05) is 0 Å². The largest absolute Gasteiger partial charge is 0.483 e. The van der Waals surface area contributed by atoms with Crippen LogP contribution in [0.25, 0.3) is 71.7 Å². The normalized spacial score (nSPS) is 16.6. The molecule has 0 amide bonds. The fraction of sp³-hybridized carbons (Fsp3) is 0.0417. The predicted molar refractivity (Wildman–Crippen MR) is 212 cm³/mol. The monoisotopic (exact) mass is 652 g/mol. The number of hydrogen-bond acceptors (Lipinski definition) is 1. The SMILES string of the molecule is C1=C(c2ccccc2)C=C(n2c3ccccc3c3cc(-c4ccc5c6ccccc6n(-c6ccccc6)c5c4)ccc32)C2Oc3ccccc3C12. The van der Waals surface area contributed by atoms with Crippen LogP contribution in [0.15, 0.2) is 182 Å². The zero-order chi connectivity index (χ0) is 33.5. The standard InChI is InChI=1S/C48H32N2O/c1-3-13-31(14-4-1)34-28-41-39-19-9-12-22-47(39)51-48(41)46(30-34)50-43-21-11-8-18-37(43)40-27-32(24-26-44(40)50)33-23-25-38-36-17-7-10-20-42(36)49(45(38)29-33)35-15-5-2-6-16-35/h1-30,41,48H. The lowest BCUT2D eigenvalue weighted by atomic mass is 9.85. The molecule has 3 heteroatoms. The van der Waals surface area contributed by atoms with Gasteiger partial charge in [-0.3, -0.25) is 0 Å². The van der Waals surface area contributed by atoms with Gasteiger partial charge >= 0.3 is 0 Å². The number of ether oxygens (including phenoxy) is 1. The van der Waals surface area contributed by atoms with Crippen molar-refractivity contribution < 1.29 is 4.74 Å². The highest BCUT2D eigenvalue weighted by atomic mass is 16.5. The highest BCUT2D eigenvalue weighted by molar-refractivity contribution is 6.13. The van der Waals surface area contributed by atoms with Gasteiger partial charge in [0.2, 0.25) is 0 Å². The topological polar surface area (TPSA) is 19.1 Å². The van der Waals surface area contributed by atoms with Gasteiger partial charge in [0.25, 0.3) is 0 Å². The van der Waals surface area contributed by atoms with Gasteiger partial charge in [0.1, 0.15) is 11.9 Å². The van der Waals surface area contributed by atoms with E-state index in [0.717, 1.165) is 11.4 Å². The number of fused-ring (bicyclic) bond motifs is 9. The molecule has 0 fully saturated rings. The first-order chi connectivity index (χ1) is 25.3. The summed E-state index contributed by atoms with van der Waals surface area (Å²) >= 11 is 0. The Morgan fingerprint density at radius 1 is 0.431 bits per heavy atom. The number of benzene rings is 7. The third-order valence-corrected chi connectivity index (χ3v) is 10.9.